The number of hydrogen-bond acceptors (Lipinski definition) is 2. The molecule has 0 spiro atoms. The van der Waals surface area contributed by atoms with Crippen molar-refractivity contribution in [3.05, 3.63) is 71.0 Å². The maximum Gasteiger partial charge on any atom is 0.251 e. The number of benzene rings is 2. The van der Waals surface area contributed by atoms with E-state index >= 15 is 0 Å². The average molecular weight is 287 g/mol. The first kappa shape index (κ1) is 15.2. The summed E-state index contributed by atoms with van der Waals surface area (Å²) in [6.45, 7) is 2.22. The molecule has 21 heavy (non-hydrogen) atoms. The van der Waals surface area contributed by atoms with Crippen molar-refractivity contribution >= 4 is 5.91 Å². The van der Waals surface area contributed by atoms with Gasteiger partial charge in [0, 0.05) is 19.2 Å². The molecule has 2 aromatic carbocycles. The molecule has 1 N–H and O–H groups in total. The highest BCUT2D eigenvalue weighted by atomic mass is 19.1. The normalized spacial score (nSPS) is 12.0. The predicted molar refractivity (Wildman–Crippen MR) is 79.7 cm³/mol. The Morgan fingerprint density at radius 1 is 1.24 bits per heavy atom. The van der Waals surface area contributed by atoms with Crippen molar-refractivity contribution in [1.29, 1.82) is 0 Å². The summed E-state index contributed by atoms with van der Waals surface area (Å²) in [6.07, 6.45) is -0.380. The van der Waals surface area contributed by atoms with Crippen molar-refractivity contribution in [2.24, 2.45) is 0 Å². The number of ether oxygens (including phenoxy) is 1. The van der Waals surface area contributed by atoms with Gasteiger partial charge in [0.15, 0.2) is 0 Å². The highest BCUT2D eigenvalue weighted by molar-refractivity contribution is 5.94. The zero-order valence-electron chi connectivity index (χ0n) is 12.1. The minimum absolute atomic E-state index is 0.169. The van der Waals surface area contributed by atoms with E-state index in [-0.39, 0.29) is 24.4 Å². The lowest BCUT2D eigenvalue weighted by atomic mass is 10.1. The largest absolute Gasteiger partial charge is 0.375 e. The molecule has 3 nitrogen and oxygen atoms in total. The van der Waals surface area contributed by atoms with E-state index in [0.717, 1.165) is 5.56 Å². The summed E-state index contributed by atoms with van der Waals surface area (Å²) in [4.78, 5) is 12.1. The van der Waals surface area contributed by atoms with E-state index < -0.39 is 0 Å². The number of halogens is 1. The SMILES string of the molecule is COC(CNC(=O)c1cccc(C)c1)c1cccc(F)c1. The third-order valence-corrected chi connectivity index (χ3v) is 3.23. The lowest BCUT2D eigenvalue weighted by molar-refractivity contribution is 0.0827. The van der Waals surface area contributed by atoms with Crippen LogP contribution in [0, 0.1) is 12.7 Å². The van der Waals surface area contributed by atoms with Gasteiger partial charge in [-0.25, -0.2) is 4.39 Å². The average Bonchev–Trinajstić information content (AvgIpc) is 2.48. The van der Waals surface area contributed by atoms with E-state index in [0.29, 0.717) is 11.1 Å². The van der Waals surface area contributed by atoms with E-state index in [9.17, 15) is 9.18 Å². The summed E-state index contributed by atoms with van der Waals surface area (Å²) < 4.78 is 18.5. The minimum Gasteiger partial charge on any atom is -0.375 e. The number of aryl methyl sites for hydroxylation is 1. The van der Waals surface area contributed by atoms with E-state index in [1.54, 1.807) is 18.2 Å². The van der Waals surface area contributed by atoms with Crippen molar-refractivity contribution in [2.45, 2.75) is 13.0 Å². The summed E-state index contributed by atoms with van der Waals surface area (Å²) in [5, 5.41) is 2.81. The second-order valence-electron chi connectivity index (χ2n) is 4.86. The summed E-state index contributed by atoms with van der Waals surface area (Å²) in [6, 6.07) is 13.5. The molecule has 0 bridgehead atoms. The van der Waals surface area contributed by atoms with Crippen LogP contribution in [0.2, 0.25) is 0 Å². The van der Waals surface area contributed by atoms with Crippen molar-refractivity contribution in [1.82, 2.24) is 5.32 Å². The Balaban J connectivity index is 2.02. The van der Waals surface area contributed by atoms with Crippen LogP contribution in [0.25, 0.3) is 0 Å². The van der Waals surface area contributed by atoms with Crippen molar-refractivity contribution in [3.63, 3.8) is 0 Å². The zero-order valence-corrected chi connectivity index (χ0v) is 12.1. The fraction of sp³-hybridized carbons (Fsp3) is 0.235. The van der Waals surface area contributed by atoms with Crippen LogP contribution in [0.5, 0.6) is 0 Å². The van der Waals surface area contributed by atoms with Gasteiger partial charge >= 0.3 is 0 Å². The molecule has 0 aromatic heterocycles. The molecule has 2 aromatic rings. The zero-order chi connectivity index (χ0) is 15.2. The first-order valence-corrected chi connectivity index (χ1v) is 6.73. The second-order valence-corrected chi connectivity index (χ2v) is 4.86. The fourth-order valence-electron chi connectivity index (χ4n) is 2.12. The molecule has 4 heteroatoms. The van der Waals surface area contributed by atoms with Gasteiger partial charge in [0.1, 0.15) is 5.82 Å². The van der Waals surface area contributed by atoms with Gasteiger partial charge in [-0.05, 0) is 36.8 Å². The maximum absolute atomic E-state index is 13.2. The van der Waals surface area contributed by atoms with Crippen LogP contribution in [0.1, 0.15) is 27.6 Å². The maximum atomic E-state index is 13.2. The van der Waals surface area contributed by atoms with Gasteiger partial charge in [0.25, 0.3) is 5.91 Å². The number of nitrogens with one attached hydrogen (secondary N) is 1. The molecular formula is C17H18FNO2. The molecular weight excluding hydrogens is 269 g/mol. The Hall–Kier alpha value is -2.20. The topological polar surface area (TPSA) is 38.3 Å². The van der Waals surface area contributed by atoms with Crippen LogP contribution in [-0.2, 0) is 4.74 Å². The lowest BCUT2D eigenvalue weighted by Crippen LogP contribution is -2.29. The standard InChI is InChI=1S/C17H18FNO2/c1-12-5-3-7-14(9-12)17(20)19-11-16(21-2)13-6-4-8-15(18)10-13/h3-10,16H,11H2,1-2H3,(H,19,20). The highest BCUT2D eigenvalue weighted by Crippen LogP contribution is 2.17. The number of carbonyl (C=O) groups is 1. The Bertz CT molecular complexity index is 628. The predicted octanol–water partition coefficient (Wildman–Crippen LogP) is 3.25. The Labute approximate surface area is 123 Å². The molecule has 0 radical (unpaired) electrons. The summed E-state index contributed by atoms with van der Waals surface area (Å²) >= 11 is 0. The first-order chi connectivity index (χ1) is 10.1. The third kappa shape index (κ3) is 4.13. The quantitative estimate of drug-likeness (QED) is 0.916. The molecule has 1 amide bonds. The van der Waals surface area contributed by atoms with Crippen molar-refractivity contribution in [2.75, 3.05) is 13.7 Å². The number of methoxy groups -OCH3 is 1. The number of amides is 1. The smallest absolute Gasteiger partial charge is 0.251 e. The van der Waals surface area contributed by atoms with Crippen LogP contribution in [0.3, 0.4) is 0 Å². The van der Waals surface area contributed by atoms with E-state index in [4.69, 9.17) is 4.74 Å². The number of rotatable bonds is 5. The van der Waals surface area contributed by atoms with Gasteiger partial charge in [-0.1, -0.05) is 29.8 Å². The minimum atomic E-state index is -0.380. The first-order valence-electron chi connectivity index (χ1n) is 6.73. The van der Waals surface area contributed by atoms with Crippen molar-refractivity contribution in [3.8, 4) is 0 Å². The molecule has 1 unspecified atom stereocenters. The molecule has 0 saturated carbocycles. The molecule has 110 valence electrons. The highest BCUT2D eigenvalue weighted by Gasteiger charge is 2.13. The van der Waals surface area contributed by atoms with Crippen LogP contribution >= 0.6 is 0 Å². The summed E-state index contributed by atoms with van der Waals surface area (Å²) in [7, 11) is 1.54. The van der Waals surface area contributed by atoms with Crippen LogP contribution in [0.15, 0.2) is 48.5 Å². The molecule has 0 fully saturated rings. The van der Waals surface area contributed by atoms with Crippen LogP contribution in [0.4, 0.5) is 4.39 Å². The van der Waals surface area contributed by atoms with E-state index in [2.05, 4.69) is 5.32 Å². The van der Waals surface area contributed by atoms with Gasteiger partial charge < -0.3 is 10.1 Å². The number of hydrogen-bond donors (Lipinski definition) is 1. The van der Waals surface area contributed by atoms with E-state index in [1.165, 1.54) is 19.2 Å². The number of carbonyl (C=O) groups excluding carboxylic acids is 1. The fourth-order valence-corrected chi connectivity index (χ4v) is 2.12. The lowest BCUT2D eigenvalue weighted by Gasteiger charge is -2.16. The van der Waals surface area contributed by atoms with E-state index in [1.807, 2.05) is 25.1 Å². The van der Waals surface area contributed by atoms with Gasteiger partial charge in [0.2, 0.25) is 0 Å². The van der Waals surface area contributed by atoms with Gasteiger partial charge in [0.05, 0.1) is 6.10 Å². The molecule has 2 rings (SSSR count). The van der Waals surface area contributed by atoms with Gasteiger partial charge in [-0.3, -0.25) is 4.79 Å². The summed E-state index contributed by atoms with van der Waals surface area (Å²) in [5.41, 5.74) is 2.32. The Morgan fingerprint density at radius 2 is 2.00 bits per heavy atom. The molecule has 1 atom stereocenters. The monoisotopic (exact) mass is 287 g/mol. The van der Waals surface area contributed by atoms with Crippen molar-refractivity contribution < 1.29 is 13.9 Å². The Kier molecular flexibility index (Phi) is 5.06. The molecule has 0 heterocycles. The molecule has 0 saturated heterocycles. The van der Waals surface area contributed by atoms with Crippen LogP contribution < -0.4 is 5.32 Å². The second kappa shape index (κ2) is 6.99. The molecule has 0 aliphatic rings. The third-order valence-electron chi connectivity index (χ3n) is 3.23. The van der Waals surface area contributed by atoms with Gasteiger partial charge in [-0.2, -0.15) is 0 Å². The van der Waals surface area contributed by atoms with Crippen LogP contribution in [-0.4, -0.2) is 19.6 Å². The Morgan fingerprint density at radius 3 is 2.67 bits per heavy atom. The van der Waals surface area contributed by atoms with Gasteiger partial charge in [-0.15, -0.1) is 0 Å². The molecule has 0 aliphatic carbocycles. The summed E-state index contributed by atoms with van der Waals surface area (Å²) in [5.74, 6) is -0.489. The molecule has 0 aliphatic heterocycles.